The molecular formula is C42H38F2N2O5S. The molecule has 1 fully saturated rings. The van der Waals surface area contributed by atoms with Crippen molar-refractivity contribution in [1.29, 1.82) is 0 Å². The highest BCUT2D eigenvalue weighted by Crippen LogP contribution is 2.39. The van der Waals surface area contributed by atoms with Crippen molar-refractivity contribution in [1.82, 2.24) is 4.90 Å². The highest BCUT2D eigenvalue weighted by Gasteiger charge is 2.44. The molecule has 7 nitrogen and oxygen atoms in total. The zero-order valence-corrected chi connectivity index (χ0v) is 29.3. The van der Waals surface area contributed by atoms with Crippen LogP contribution >= 0.6 is 11.8 Å². The number of ether oxygens (including phenoxy) is 2. The van der Waals surface area contributed by atoms with Gasteiger partial charge in [-0.3, -0.25) is 9.59 Å². The van der Waals surface area contributed by atoms with Crippen LogP contribution in [-0.2, 0) is 25.7 Å². The Bertz CT molecular complexity index is 1950. The van der Waals surface area contributed by atoms with Crippen molar-refractivity contribution in [3.8, 4) is 0 Å². The molecule has 1 aliphatic rings. The molecule has 1 heterocycles. The van der Waals surface area contributed by atoms with Gasteiger partial charge >= 0.3 is 6.09 Å². The summed E-state index contributed by atoms with van der Waals surface area (Å²) in [6.45, 7) is 1.77. The second-order valence-corrected chi connectivity index (χ2v) is 13.8. The van der Waals surface area contributed by atoms with E-state index in [4.69, 9.17) is 9.47 Å². The number of rotatable bonds is 14. The van der Waals surface area contributed by atoms with Crippen LogP contribution in [0.3, 0.4) is 0 Å². The number of amides is 2. The Kier molecular flexibility index (Phi) is 12.1. The van der Waals surface area contributed by atoms with E-state index in [1.807, 2.05) is 72.8 Å². The number of nitrogens with one attached hydrogen (secondary N) is 1. The van der Waals surface area contributed by atoms with Crippen molar-refractivity contribution in [3.05, 3.63) is 167 Å². The summed E-state index contributed by atoms with van der Waals surface area (Å²) < 4.78 is 40.2. The van der Waals surface area contributed by atoms with Crippen LogP contribution in [0.2, 0.25) is 0 Å². The number of hydrogen-bond acceptors (Lipinski definition) is 7. The Labute approximate surface area is 306 Å². The molecule has 0 spiro atoms. The minimum atomic E-state index is -0.892. The second kappa shape index (κ2) is 17.3. The van der Waals surface area contributed by atoms with Gasteiger partial charge in [0.1, 0.15) is 24.3 Å². The summed E-state index contributed by atoms with van der Waals surface area (Å²) in [5, 5.41) is 3.44. The first-order chi connectivity index (χ1) is 25.2. The lowest BCUT2D eigenvalue weighted by molar-refractivity contribution is -0.134. The van der Waals surface area contributed by atoms with Crippen molar-refractivity contribution in [2.24, 2.45) is 5.92 Å². The summed E-state index contributed by atoms with van der Waals surface area (Å²) in [6, 6.07) is 36.7. The van der Waals surface area contributed by atoms with Gasteiger partial charge in [-0.05, 0) is 83.6 Å². The molecule has 10 heteroatoms. The molecule has 6 rings (SSSR count). The summed E-state index contributed by atoms with van der Waals surface area (Å²) in [5.41, 5.74) is 3.70. The van der Waals surface area contributed by atoms with E-state index in [1.165, 1.54) is 36.1 Å². The van der Waals surface area contributed by atoms with Crippen LogP contribution in [0.25, 0.3) is 0 Å². The van der Waals surface area contributed by atoms with Crippen molar-refractivity contribution >= 4 is 34.6 Å². The molecule has 1 saturated heterocycles. The number of nitrogens with zero attached hydrogens (tertiary/aromatic N) is 1. The molecule has 4 atom stereocenters. The number of hydrogen-bond donors (Lipinski definition) is 1. The monoisotopic (exact) mass is 720 g/mol. The van der Waals surface area contributed by atoms with E-state index < -0.39 is 41.9 Å². The lowest BCUT2D eigenvalue weighted by atomic mass is 9.85. The number of carbonyl (C=O) groups excluding carboxylic acids is 3. The fraction of sp³-hybridized carbons (Fsp3) is 0.214. The Morgan fingerprint density at radius 2 is 1.40 bits per heavy atom. The summed E-state index contributed by atoms with van der Waals surface area (Å²) >= 11 is 1.11. The van der Waals surface area contributed by atoms with Gasteiger partial charge in [-0.25, -0.2) is 18.5 Å². The molecule has 0 bridgehead atoms. The van der Waals surface area contributed by atoms with Gasteiger partial charge in [-0.15, -0.1) is 0 Å². The smallest absolute Gasteiger partial charge is 0.417 e. The van der Waals surface area contributed by atoms with Crippen molar-refractivity contribution in [3.63, 3.8) is 0 Å². The fourth-order valence-corrected chi connectivity index (χ4v) is 6.98. The van der Waals surface area contributed by atoms with Crippen LogP contribution < -0.4 is 5.32 Å². The largest absolute Gasteiger partial charge is 0.446 e. The van der Waals surface area contributed by atoms with E-state index in [0.717, 1.165) is 33.3 Å². The summed E-state index contributed by atoms with van der Waals surface area (Å²) in [7, 11) is 0. The first-order valence-corrected chi connectivity index (χ1v) is 17.8. The average Bonchev–Trinajstić information content (AvgIpc) is 3.55. The molecule has 0 radical (unpaired) electrons. The quantitative estimate of drug-likeness (QED) is 0.114. The third-order valence-electron chi connectivity index (χ3n) is 8.96. The average molecular weight is 721 g/mol. The predicted molar refractivity (Wildman–Crippen MR) is 196 cm³/mol. The Morgan fingerprint density at radius 3 is 2.02 bits per heavy atom. The summed E-state index contributed by atoms with van der Waals surface area (Å²) in [4.78, 5) is 42.0. The molecule has 1 N–H and O–H groups in total. The first kappa shape index (κ1) is 36.5. The Morgan fingerprint density at radius 1 is 0.808 bits per heavy atom. The molecular weight excluding hydrogens is 683 g/mol. The fourth-order valence-electron chi connectivity index (χ4n) is 6.37. The van der Waals surface area contributed by atoms with Crippen LogP contribution in [0.5, 0.6) is 0 Å². The third-order valence-corrected chi connectivity index (χ3v) is 9.75. The van der Waals surface area contributed by atoms with Gasteiger partial charge in [0.2, 0.25) is 5.91 Å². The molecule has 1 aliphatic heterocycles. The van der Waals surface area contributed by atoms with Crippen LogP contribution in [0.1, 0.15) is 60.2 Å². The van der Waals surface area contributed by atoms with Gasteiger partial charge in [0.15, 0.2) is 5.12 Å². The SMILES string of the molecule is CC(=O)Sc1ccc(N[C@H](c2ccc(F)cc2)[C@@H](CCC(OCc2ccccc2)c2ccc(F)cc2)C(=O)N2C(=O)OC[C@@H]2c2ccccc2)cc1. The summed E-state index contributed by atoms with van der Waals surface area (Å²) in [5.74, 6) is -2.18. The van der Waals surface area contributed by atoms with Crippen LogP contribution in [0, 0.1) is 17.6 Å². The highest BCUT2D eigenvalue weighted by atomic mass is 32.2. The molecule has 5 aromatic rings. The molecule has 2 amide bonds. The third kappa shape index (κ3) is 9.31. The maximum atomic E-state index is 14.9. The molecule has 0 aliphatic carbocycles. The Hall–Kier alpha value is -5.32. The summed E-state index contributed by atoms with van der Waals surface area (Å²) in [6.07, 6.45) is -0.749. The van der Waals surface area contributed by atoms with E-state index in [-0.39, 0.29) is 30.6 Å². The van der Waals surface area contributed by atoms with Crippen molar-refractivity contribution in [2.75, 3.05) is 11.9 Å². The van der Waals surface area contributed by atoms with Crippen molar-refractivity contribution in [2.45, 2.75) is 49.5 Å². The highest BCUT2D eigenvalue weighted by molar-refractivity contribution is 8.13. The minimum Gasteiger partial charge on any atom is -0.446 e. The topological polar surface area (TPSA) is 84.9 Å². The first-order valence-electron chi connectivity index (χ1n) is 17.0. The number of anilines is 1. The second-order valence-electron chi connectivity index (χ2n) is 12.5. The number of cyclic esters (lactones) is 1. The van der Waals surface area contributed by atoms with Crippen LogP contribution in [0.4, 0.5) is 19.3 Å². The number of thioether (sulfide) groups is 1. The lowest BCUT2D eigenvalue weighted by Gasteiger charge is -2.33. The number of imide groups is 1. The standard InChI is InChI=1S/C42H38F2N2O5S/c1-28(47)52-36-22-20-35(21-23-36)45-40(32-14-18-34(44)19-15-32)37(41(48)46-38(27-51-42(46)49)30-10-6-3-7-11-30)24-25-39(31-12-16-33(43)17-13-31)50-26-29-8-4-2-5-9-29/h2-23,37-40,45H,24-27H2,1H3/t37-,38-,39?,40-/m1/s1. The normalized spacial score (nSPS) is 15.8. The lowest BCUT2D eigenvalue weighted by Crippen LogP contribution is -2.42. The van der Waals surface area contributed by atoms with Crippen LogP contribution in [-0.4, -0.2) is 28.6 Å². The number of halogens is 2. The number of carbonyl (C=O) groups is 3. The Balaban J connectivity index is 1.38. The zero-order chi connectivity index (χ0) is 36.5. The van der Waals surface area contributed by atoms with Gasteiger partial charge in [0.25, 0.3) is 0 Å². The molecule has 52 heavy (non-hydrogen) atoms. The van der Waals surface area contributed by atoms with Crippen LogP contribution in [0.15, 0.2) is 138 Å². The van der Waals surface area contributed by atoms with Gasteiger partial charge in [-0.2, -0.15) is 0 Å². The maximum Gasteiger partial charge on any atom is 0.417 e. The molecule has 0 aromatic heterocycles. The van der Waals surface area contributed by atoms with E-state index in [9.17, 15) is 23.2 Å². The van der Waals surface area contributed by atoms with Gasteiger partial charge in [0.05, 0.1) is 24.7 Å². The van der Waals surface area contributed by atoms with Crippen molar-refractivity contribution < 1.29 is 32.6 Å². The number of benzene rings is 5. The minimum absolute atomic E-state index is 0.00359. The van der Waals surface area contributed by atoms with Gasteiger partial charge < -0.3 is 14.8 Å². The van der Waals surface area contributed by atoms with E-state index in [2.05, 4.69) is 5.32 Å². The van der Waals surface area contributed by atoms with E-state index >= 15 is 0 Å². The predicted octanol–water partition coefficient (Wildman–Crippen LogP) is 9.83. The van der Waals surface area contributed by atoms with E-state index in [1.54, 1.807) is 36.4 Å². The van der Waals surface area contributed by atoms with Gasteiger partial charge in [-0.1, -0.05) is 96.7 Å². The van der Waals surface area contributed by atoms with Gasteiger partial charge in [0, 0.05) is 17.5 Å². The molecule has 5 aromatic carbocycles. The van der Waals surface area contributed by atoms with E-state index in [0.29, 0.717) is 17.7 Å². The zero-order valence-electron chi connectivity index (χ0n) is 28.5. The maximum absolute atomic E-state index is 14.9. The molecule has 0 saturated carbocycles. The molecule has 266 valence electrons. The molecule has 1 unspecified atom stereocenters.